The quantitative estimate of drug-likeness (QED) is 0.276. The largest absolute Gasteiger partial charge is 0.369 e. The molecule has 0 amide bonds. The molecule has 10 nitrogen and oxygen atoms in total. The van der Waals surface area contributed by atoms with Crippen molar-refractivity contribution in [3.8, 4) is 0 Å². The Bertz CT molecular complexity index is 1330. The number of sulfonamides is 1. The Hall–Kier alpha value is -3.57. The van der Waals surface area contributed by atoms with Crippen molar-refractivity contribution >= 4 is 21.7 Å². The number of anilines is 1. The van der Waals surface area contributed by atoms with E-state index in [4.69, 9.17) is 5.73 Å². The molecule has 0 fully saturated rings. The van der Waals surface area contributed by atoms with Crippen LogP contribution in [0.3, 0.4) is 0 Å². The zero-order valence-corrected chi connectivity index (χ0v) is 19.1. The molecule has 3 aromatic rings. The van der Waals surface area contributed by atoms with Crippen molar-refractivity contribution < 1.29 is 13.3 Å². The van der Waals surface area contributed by atoms with Gasteiger partial charge in [-0.2, -0.15) is 0 Å². The minimum absolute atomic E-state index is 0.00725. The van der Waals surface area contributed by atoms with Gasteiger partial charge < -0.3 is 5.73 Å². The number of rotatable bonds is 9. The van der Waals surface area contributed by atoms with Crippen LogP contribution in [0.2, 0.25) is 0 Å². The fraction of sp³-hybridized carbons (Fsp3) is 0.273. The van der Waals surface area contributed by atoms with Crippen molar-refractivity contribution in [2.45, 2.75) is 38.1 Å². The third kappa shape index (κ3) is 5.82. The van der Waals surface area contributed by atoms with Crippen LogP contribution >= 0.6 is 0 Å². The Kier molecular flexibility index (Phi) is 7.24. The Morgan fingerprint density at radius 3 is 2.52 bits per heavy atom. The number of nitro benzene ring substituents is 1. The van der Waals surface area contributed by atoms with Crippen LogP contribution in [0.15, 0.2) is 58.2 Å². The molecular weight excluding hydrogens is 446 g/mol. The first-order valence-electron chi connectivity index (χ1n) is 10.2. The van der Waals surface area contributed by atoms with Crippen molar-refractivity contribution in [1.29, 1.82) is 0 Å². The van der Waals surface area contributed by atoms with Gasteiger partial charge in [-0.15, -0.1) is 0 Å². The fourth-order valence-corrected chi connectivity index (χ4v) is 4.46. The smallest absolute Gasteiger partial charge is 0.269 e. The number of nitro groups is 1. The van der Waals surface area contributed by atoms with E-state index in [2.05, 4.69) is 9.71 Å². The van der Waals surface area contributed by atoms with Crippen molar-refractivity contribution in [2.75, 3.05) is 12.3 Å². The van der Waals surface area contributed by atoms with Crippen molar-refractivity contribution in [2.24, 2.45) is 0 Å². The topological polar surface area (TPSA) is 150 Å². The summed E-state index contributed by atoms with van der Waals surface area (Å²) < 4.78 is 28.6. The summed E-state index contributed by atoms with van der Waals surface area (Å²) in [5.74, 6) is 0.00725. The standard InChI is InChI=1S/C22H25N5O5S/c1-15-8-10-19(11-9-15)33(31,32)24-12-4-7-20-16(2)25-22(23)26(21(20)28)14-17-5-3-6-18(13-17)27(29)30/h3,5-6,8-11,13,24H,4,7,12,14H2,1-2H3,(H2,23,25). The van der Waals surface area contributed by atoms with Gasteiger partial charge in [-0.1, -0.05) is 29.8 Å². The second-order valence-electron chi connectivity index (χ2n) is 7.67. The number of nitrogens with zero attached hydrogens (tertiary/aromatic N) is 3. The molecule has 0 unspecified atom stereocenters. The molecule has 33 heavy (non-hydrogen) atoms. The van der Waals surface area contributed by atoms with Crippen LogP contribution < -0.4 is 16.0 Å². The predicted molar refractivity (Wildman–Crippen MR) is 125 cm³/mol. The normalized spacial score (nSPS) is 11.5. The summed E-state index contributed by atoms with van der Waals surface area (Å²) in [7, 11) is -3.64. The maximum absolute atomic E-state index is 13.0. The Labute approximate surface area is 191 Å². The van der Waals surface area contributed by atoms with Crippen LogP contribution in [-0.4, -0.2) is 29.4 Å². The molecule has 11 heteroatoms. The van der Waals surface area contributed by atoms with Crippen LogP contribution in [0, 0.1) is 24.0 Å². The molecule has 0 atom stereocenters. The molecule has 2 aromatic carbocycles. The van der Waals surface area contributed by atoms with Gasteiger partial charge in [-0.05, 0) is 44.4 Å². The van der Waals surface area contributed by atoms with E-state index in [-0.39, 0.29) is 35.2 Å². The van der Waals surface area contributed by atoms with Crippen LogP contribution in [0.1, 0.15) is 28.8 Å². The van der Waals surface area contributed by atoms with Gasteiger partial charge in [0.2, 0.25) is 16.0 Å². The fourth-order valence-electron chi connectivity index (χ4n) is 3.39. The highest BCUT2D eigenvalue weighted by Crippen LogP contribution is 2.15. The molecule has 1 aromatic heterocycles. The lowest BCUT2D eigenvalue weighted by Gasteiger charge is -2.13. The summed E-state index contributed by atoms with van der Waals surface area (Å²) in [6.45, 7) is 3.72. The first-order valence-corrected chi connectivity index (χ1v) is 11.7. The molecule has 0 aliphatic carbocycles. The highest BCUT2D eigenvalue weighted by Gasteiger charge is 2.16. The number of aryl methyl sites for hydroxylation is 2. The average molecular weight is 472 g/mol. The second-order valence-corrected chi connectivity index (χ2v) is 9.43. The van der Waals surface area contributed by atoms with Crippen molar-refractivity contribution in [1.82, 2.24) is 14.3 Å². The number of nitrogens with one attached hydrogen (secondary N) is 1. The van der Waals surface area contributed by atoms with Gasteiger partial charge >= 0.3 is 0 Å². The number of hydrogen-bond acceptors (Lipinski definition) is 7. The summed E-state index contributed by atoms with van der Waals surface area (Å²) in [4.78, 5) is 28.0. The Morgan fingerprint density at radius 2 is 1.85 bits per heavy atom. The lowest BCUT2D eigenvalue weighted by atomic mass is 10.1. The lowest BCUT2D eigenvalue weighted by molar-refractivity contribution is -0.384. The second kappa shape index (κ2) is 9.92. The van der Waals surface area contributed by atoms with Crippen LogP contribution in [0.4, 0.5) is 11.6 Å². The number of nitrogens with two attached hydrogens (primary N) is 1. The van der Waals surface area contributed by atoms with Gasteiger partial charge in [0.05, 0.1) is 16.4 Å². The van der Waals surface area contributed by atoms with E-state index >= 15 is 0 Å². The molecule has 1 heterocycles. The summed E-state index contributed by atoms with van der Waals surface area (Å²) >= 11 is 0. The van der Waals surface area contributed by atoms with Gasteiger partial charge in [0.1, 0.15) is 0 Å². The molecule has 3 rings (SSSR count). The maximum Gasteiger partial charge on any atom is 0.269 e. The van der Waals surface area contributed by atoms with Crippen LogP contribution in [0.5, 0.6) is 0 Å². The molecular formula is C22H25N5O5S. The average Bonchev–Trinajstić information content (AvgIpc) is 2.76. The van der Waals surface area contributed by atoms with E-state index < -0.39 is 14.9 Å². The van der Waals surface area contributed by atoms with Crippen LogP contribution in [0.25, 0.3) is 0 Å². The van der Waals surface area contributed by atoms with Gasteiger partial charge in [0.25, 0.3) is 11.2 Å². The first-order chi connectivity index (χ1) is 15.6. The summed E-state index contributed by atoms with van der Waals surface area (Å²) in [5.41, 5.74) is 7.90. The molecule has 0 radical (unpaired) electrons. The highest BCUT2D eigenvalue weighted by molar-refractivity contribution is 7.89. The zero-order chi connectivity index (χ0) is 24.2. The number of hydrogen-bond donors (Lipinski definition) is 2. The third-order valence-corrected chi connectivity index (χ3v) is 6.66. The predicted octanol–water partition coefficient (Wildman–Crippen LogP) is 2.31. The number of benzene rings is 2. The SMILES string of the molecule is Cc1ccc(S(=O)(=O)NCCCc2c(C)nc(N)n(Cc3cccc([N+](=O)[O-])c3)c2=O)cc1. The third-order valence-electron chi connectivity index (χ3n) is 5.19. The van der Waals surface area contributed by atoms with E-state index in [1.54, 1.807) is 25.1 Å². The van der Waals surface area contributed by atoms with Gasteiger partial charge in [-0.25, -0.2) is 18.1 Å². The van der Waals surface area contributed by atoms with Gasteiger partial charge in [-0.3, -0.25) is 19.5 Å². The van der Waals surface area contributed by atoms with E-state index in [0.717, 1.165) is 5.56 Å². The number of aromatic nitrogens is 2. The number of non-ortho nitro benzene ring substituents is 1. The highest BCUT2D eigenvalue weighted by atomic mass is 32.2. The molecule has 0 saturated carbocycles. The van der Waals surface area contributed by atoms with E-state index in [0.29, 0.717) is 29.7 Å². The molecule has 174 valence electrons. The summed E-state index contributed by atoms with van der Waals surface area (Å²) in [6.07, 6.45) is 0.673. The van der Waals surface area contributed by atoms with E-state index in [9.17, 15) is 23.3 Å². The monoisotopic (exact) mass is 471 g/mol. The van der Waals surface area contributed by atoms with Gasteiger partial charge in [0, 0.05) is 29.9 Å². The summed E-state index contributed by atoms with van der Waals surface area (Å²) in [5, 5.41) is 11.0. The van der Waals surface area contributed by atoms with Crippen LogP contribution in [-0.2, 0) is 23.0 Å². The molecule has 0 saturated heterocycles. The van der Waals surface area contributed by atoms with E-state index in [1.165, 1.54) is 34.9 Å². The van der Waals surface area contributed by atoms with Gasteiger partial charge in [0.15, 0.2) is 0 Å². The molecule has 3 N–H and O–H groups in total. The van der Waals surface area contributed by atoms with Crippen molar-refractivity contribution in [3.05, 3.63) is 91.4 Å². The zero-order valence-electron chi connectivity index (χ0n) is 18.3. The minimum Gasteiger partial charge on any atom is -0.369 e. The molecule has 0 aliphatic rings. The minimum atomic E-state index is -3.64. The van der Waals surface area contributed by atoms with E-state index in [1.807, 2.05) is 6.92 Å². The molecule has 0 bridgehead atoms. The molecule has 0 spiro atoms. The molecule has 0 aliphatic heterocycles. The maximum atomic E-state index is 13.0. The van der Waals surface area contributed by atoms with Crippen molar-refractivity contribution in [3.63, 3.8) is 0 Å². The lowest BCUT2D eigenvalue weighted by Crippen LogP contribution is -2.30. The first kappa shape index (κ1) is 24.1. The summed E-state index contributed by atoms with van der Waals surface area (Å²) in [6, 6.07) is 12.5. The Balaban J connectivity index is 1.72. The Morgan fingerprint density at radius 1 is 1.15 bits per heavy atom. The number of nitrogen functional groups attached to an aromatic ring is 1.